The predicted molar refractivity (Wildman–Crippen MR) is 47.9 cm³/mol. The lowest BCUT2D eigenvalue weighted by molar-refractivity contribution is 0.197. The van der Waals surface area contributed by atoms with Crippen LogP contribution >= 0.6 is 0 Å². The maximum Gasteiger partial charge on any atom is 0.417 e. The van der Waals surface area contributed by atoms with Gasteiger partial charge in [-0.3, -0.25) is 0 Å². The Morgan fingerprint density at radius 3 is 3.08 bits per heavy atom. The minimum atomic E-state index is -1.00. The number of aromatic nitrogens is 2. The molecule has 2 rings (SSSR count). The molecule has 2 aromatic rings. The molecule has 1 N–H and O–H groups in total. The van der Waals surface area contributed by atoms with Crippen LogP contribution in [0.5, 0.6) is 0 Å². The SMILES string of the molecule is Cc1cn(C(=O)O)c2ncccc12. The Labute approximate surface area is 74.4 Å². The highest BCUT2D eigenvalue weighted by Gasteiger charge is 2.09. The molecule has 0 bridgehead atoms. The first kappa shape index (κ1) is 7.79. The van der Waals surface area contributed by atoms with Crippen molar-refractivity contribution in [3.05, 3.63) is 30.1 Å². The normalized spacial score (nSPS) is 10.5. The van der Waals surface area contributed by atoms with Crippen LogP contribution in [0.15, 0.2) is 24.5 Å². The van der Waals surface area contributed by atoms with Gasteiger partial charge in [0.05, 0.1) is 0 Å². The van der Waals surface area contributed by atoms with E-state index in [-0.39, 0.29) is 0 Å². The fraction of sp³-hybridized carbons (Fsp3) is 0.111. The summed E-state index contributed by atoms with van der Waals surface area (Å²) < 4.78 is 1.13. The third-order valence-corrected chi connectivity index (χ3v) is 1.97. The van der Waals surface area contributed by atoms with Crippen molar-refractivity contribution >= 4 is 17.1 Å². The first-order valence-electron chi connectivity index (χ1n) is 3.86. The molecule has 2 aromatic heterocycles. The first-order valence-corrected chi connectivity index (χ1v) is 3.86. The summed E-state index contributed by atoms with van der Waals surface area (Å²) in [6.07, 6.45) is 2.15. The van der Waals surface area contributed by atoms with Gasteiger partial charge in [-0.15, -0.1) is 0 Å². The molecule has 2 heterocycles. The molecule has 4 heteroatoms. The van der Waals surface area contributed by atoms with Crippen LogP contribution in [0.2, 0.25) is 0 Å². The molecule has 66 valence electrons. The molecule has 0 saturated carbocycles. The Bertz CT molecular complexity index is 473. The van der Waals surface area contributed by atoms with Gasteiger partial charge >= 0.3 is 6.09 Å². The van der Waals surface area contributed by atoms with Crippen molar-refractivity contribution in [1.82, 2.24) is 9.55 Å². The number of hydrogen-bond donors (Lipinski definition) is 1. The van der Waals surface area contributed by atoms with E-state index in [9.17, 15) is 4.79 Å². The van der Waals surface area contributed by atoms with Crippen molar-refractivity contribution in [2.75, 3.05) is 0 Å². The summed E-state index contributed by atoms with van der Waals surface area (Å²) in [7, 11) is 0. The van der Waals surface area contributed by atoms with Gasteiger partial charge < -0.3 is 5.11 Å². The van der Waals surface area contributed by atoms with E-state index in [2.05, 4.69) is 4.98 Å². The van der Waals surface area contributed by atoms with Gasteiger partial charge in [-0.1, -0.05) is 0 Å². The number of carboxylic acid groups (broad SMARTS) is 1. The van der Waals surface area contributed by atoms with E-state index in [1.54, 1.807) is 18.5 Å². The molecule has 4 nitrogen and oxygen atoms in total. The van der Waals surface area contributed by atoms with Crippen molar-refractivity contribution in [3.63, 3.8) is 0 Å². The molecular formula is C9H8N2O2. The molecule has 0 aliphatic carbocycles. The molecule has 13 heavy (non-hydrogen) atoms. The van der Waals surface area contributed by atoms with Crippen LogP contribution in [-0.4, -0.2) is 20.8 Å². The van der Waals surface area contributed by atoms with Crippen LogP contribution in [0.1, 0.15) is 5.56 Å². The van der Waals surface area contributed by atoms with Crippen molar-refractivity contribution in [2.45, 2.75) is 6.92 Å². The maximum absolute atomic E-state index is 10.8. The van der Waals surface area contributed by atoms with Crippen LogP contribution < -0.4 is 0 Å². The lowest BCUT2D eigenvalue weighted by atomic mass is 10.2. The zero-order valence-electron chi connectivity index (χ0n) is 7.06. The number of nitrogens with zero attached hydrogens (tertiary/aromatic N) is 2. The zero-order chi connectivity index (χ0) is 9.42. The Balaban J connectivity index is 2.85. The van der Waals surface area contributed by atoms with Crippen LogP contribution in [0.4, 0.5) is 4.79 Å². The fourth-order valence-electron chi connectivity index (χ4n) is 1.37. The molecule has 0 fully saturated rings. The molecule has 0 spiro atoms. The summed E-state index contributed by atoms with van der Waals surface area (Å²) in [4.78, 5) is 14.8. The van der Waals surface area contributed by atoms with Crippen molar-refractivity contribution in [3.8, 4) is 0 Å². The third kappa shape index (κ3) is 1.07. The number of rotatable bonds is 0. The highest BCUT2D eigenvalue weighted by molar-refractivity contribution is 5.88. The number of carbonyl (C=O) groups is 1. The molecule has 0 aliphatic heterocycles. The lowest BCUT2D eigenvalue weighted by Crippen LogP contribution is -2.06. The minimum Gasteiger partial charge on any atom is -0.464 e. The molecular weight excluding hydrogens is 168 g/mol. The molecule has 0 radical (unpaired) electrons. The van der Waals surface area contributed by atoms with Crippen LogP contribution in [0, 0.1) is 6.92 Å². The van der Waals surface area contributed by atoms with Gasteiger partial charge in [-0.25, -0.2) is 14.3 Å². The Morgan fingerprint density at radius 1 is 1.62 bits per heavy atom. The van der Waals surface area contributed by atoms with Gasteiger partial charge in [0, 0.05) is 17.8 Å². The van der Waals surface area contributed by atoms with E-state index < -0.39 is 6.09 Å². The van der Waals surface area contributed by atoms with Crippen LogP contribution in [-0.2, 0) is 0 Å². The van der Waals surface area contributed by atoms with Crippen molar-refractivity contribution in [1.29, 1.82) is 0 Å². The average Bonchev–Trinajstić information content (AvgIpc) is 2.45. The highest BCUT2D eigenvalue weighted by atomic mass is 16.4. The minimum absolute atomic E-state index is 0.493. The van der Waals surface area contributed by atoms with E-state index in [0.717, 1.165) is 15.5 Å². The zero-order valence-corrected chi connectivity index (χ0v) is 7.06. The quantitative estimate of drug-likeness (QED) is 0.666. The monoisotopic (exact) mass is 176 g/mol. The van der Waals surface area contributed by atoms with Gasteiger partial charge in [0.15, 0.2) is 0 Å². The number of fused-ring (bicyclic) bond motifs is 1. The van der Waals surface area contributed by atoms with Gasteiger partial charge in [0.2, 0.25) is 0 Å². The van der Waals surface area contributed by atoms with E-state index in [1.165, 1.54) is 0 Å². The van der Waals surface area contributed by atoms with E-state index in [4.69, 9.17) is 5.11 Å². The second-order valence-corrected chi connectivity index (χ2v) is 2.84. The van der Waals surface area contributed by atoms with E-state index in [1.807, 2.05) is 13.0 Å². The average molecular weight is 176 g/mol. The smallest absolute Gasteiger partial charge is 0.417 e. The van der Waals surface area contributed by atoms with Gasteiger partial charge in [-0.05, 0) is 24.6 Å². The maximum atomic E-state index is 10.8. The molecule has 0 amide bonds. The number of pyridine rings is 1. The Morgan fingerprint density at radius 2 is 2.38 bits per heavy atom. The number of hydrogen-bond acceptors (Lipinski definition) is 2. The topological polar surface area (TPSA) is 55.1 Å². The summed E-state index contributed by atoms with van der Waals surface area (Å²) in [6, 6.07) is 3.65. The molecule has 0 aromatic carbocycles. The van der Waals surface area contributed by atoms with Crippen molar-refractivity contribution < 1.29 is 9.90 Å². The molecule has 0 aliphatic rings. The summed E-state index contributed by atoms with van der Waals surface area (Å²) in [5.74, 6) is 0. The largest absolute Gasteiger partial charge is 0.464 e. The molecule has 0 saturated heterocycles. The summed E-state index contributed by atoms with van der Waals surface area (Å²) in [5, 5.41) is 9.70. The lowest BCUT2D eigenvalue weighted by Gasteiger charge is -1.94. The van der Waals surface area contributed by atoms with Gasteiger partial charge in [0.1, 0.15) is 5.65 Å². The third-order valence-electron chi connectivity index (χ3n) is 1.97. The van der Waals surface area contributed by atoms with Crippen LogP contribution in [0.3, 0.4) is 0 Å². The molecule has 0 atom stereocenters. The second-order valence-electron chi connectivity index (χ2n) is 2.84. The second kappa shape index (κ2) is 2.58. The van der Waals surface area contributed by atoms with E-state index >= 15 is 0 Å². The molecule has 0 unspecified atom stereocenters. The Hall–Kier alpha value is -1.84. The van der Waals surface area contributed by atoms with Gasteiger partial charge in [0.25, 0.3) is 0 Å². The summed E-state index contributed by atoms with van der Waals surface area (Å²) >= 11 is 0. The number of aryl methyl sites for hydroxylation is 1. The highest BCUT2D eigenvalue weighted by Crippen LogP contribution is 2.17. The van der Waals surface area contributed by atoms with Gasteiger partial charge in [-0.2, -0.15) is 0 Å². The van der Waals surface area contributed by atoms with Crippen LogP contribution in [0.25, 0.3) is 11.0 Å². The Kier molecular flexibility index (Phi) is 1.55. The van der Waals surface area contributed by atoms with E-state index in [0.29, 0.717) is 5.65 Å². The van der Waals surface area contributed by atoms with Crippen molar-refractivity contribution in [2.24, 2.45) is 0 Å². The summed E-state index contributed by atoms with van der Waals surface area (Å²) in [6.45, 7) is 1.86. The predicted octanol–water partition coefficient (Wildman–Crippen LogP) is 1.87. The fourth-order valence-corrected chi connectivity index (χ4v) is 1.37. The summed E-state index contributed by atoms with van der Waals surface area (Å²) in [5.41, 5.74) is 1.41. The standard InChI is InChI=1S/C9H8N2O2/c1-6-5-11(9(12)13)8-7(6)3-2-4-10-8/h2-5H,1H3,(H,12,13). The first-order chi connectivity index (χ1) is 6.20.